The fraction of sp³-hybridized carbons (Fsp3) is 0.800. The van der Waals surface area contributed by atoms with Crippen LogP contribution in [0, 0.1) is 0 Å². The largest absolute Gasteiger partial charge is 0.328 e. The molecule has 0 aliphatic carbocycles. The Kier molecular flexibility index (Phi) is 12.3. The van der Waals surface area contributed by atoms with Crippen LogP contribution in [0.3, 0.4) is 0 Å². The van der Waals surface area contributed by atoms with E-state index in [1.165, 1.54) is 38.5 Å². The van der Waals surface area contributed by atoms with E-state index in [2.05, 4.69) is 23.0 Å². The van der Waals surface area contributed by atoms with Crippen molar-refractivity contribution in [3.05, 3.63) is 12.7 Å². The van der Waals surface area contributed by atoms with Crippen LogP contribution < -0.4 is 5.32 Å². The Hall–Kier alpha value is -0.880. The van der Waals surface area contributed by atoms with Gasteiger partial charge in [-0.25, -0.2) is 4.18 Å². The van der Waals surface area contributed by atoms with E-state index in [0.29, 0.717) is 6.42 Å². The minimum Gasteiger partial charge on any atom is -0.328 e. The van der Waals surface area contributed by atoms with Gasteiger partial charge in [-0.05, 0) is 12.5 Å². The predicted molar refractivity (Wildman–Crippen MR) is 85.3 cm³/mol. The SMILES string of the molecule is C=CC(=O)NCOS(=O)(=O)CCCCCCCCCCC. The van der Waals surface area contributed by atoms with Crippen LogP contribution >= 0.6 is 0 Å². The Balaban J connectivity index is 3.48. The first-order valence-corrected chi connectivity index (χ1v) is 9.37. The van der Waals surface area contributed by atoms with Crippen LogP contribution in [0.1, 0.15) is 64.7 Å². The van der Waals surface area contributed by atoms with Crippen LogP contribution in [0.15, 0.2) is 12.7 Å². The summed E-state index contributed by atoms with van der Waals surface area (Å²) in [6, 6.07) is 0. The third-order valence-corrected chi connectivity index (χ3v) is 4.43. The molecule has 0 unspecified atom stereocenters. The zero-order valence-corrected chi connectivity index (χ0v) is 13.9. The number of hydrogen-bond donors (Lipinski definition) is 1. The van der Waals surface area contributed by atoms with Crippen molar-refractivity contribution in [2.24, 2.45) is 0 Å². The third kappa shape index (κ3) is 13.8. The van der Waals surface area contributed by atoms with E-state index in [0.717, 1.165) is 18.9 Å². The van der Waals surface area contributed by atoms with Crippen LogP contribution in [0.4, 0.5) is 0 Å². The van der Waals surface area contributed by atoms with Gasteiger partial charge < -0.3 is 5.32 Å². The molecule has 1 amide bonds. The fourth-order valence-electron chi connectivity index (χ4n) is 1.91. The van der Waals surface area contributed by atoms with E-state index < -0.39 is 16.0 Å². The summed E-state index contributed by atoms with van der Waals surface area (Å²) in [6.45, 7) is 5.13. The van der Waals surface area contributed by atoms with E-state index in [1.807, 2.05) is 0 Å². The van der Waals surface area contributed by atoms with Crippen molar-refractivity contribution in [2.75, 3.05) is 12.5 Å². The van der Waals surface area contributed by atoms with Gasteiger partial charge in [0.05, 0.1) is 5.75 Å². The molecular weight excluding hydrogens is 290 g/mol. The van der Waals surface area contributed by atoms with E-state index >= 15 is 0 Å². The van der Waals surface area contributed by atoms with E-state index in [4.69, 9.17) is 0 Å². The molecule has 124 valence electrons. The Morgan fingerprint density at radius 3 is 2.10 bits per heavy atom. The van der Waals surface area contributed by atoms with Gasteiger partial charge in [-0.1, -0.05) is 64.9 Å². The number of hydrogen-bond acceptors (Lipinski definition) is 4. The average molecular weight is 319 g/mol. The minimum absolute atomic E-state index is 0.00674. The lowest BCUT2D eigenvalue weighted by molar-refractivity contribution is -0.117. The normalized spacial score (nSPS) is 11.3. The van der Waals surface area contributed by atoms with Crippen molar-refractivity contribution in [1.29, 1.82) is 0 Å². The summed E-state index contributed by atoms with van der Waals surface area (Å²) < 4.78 is 27.7. The fourth-order valence-corrected chi connectivity index (χ4v) is 2.82. The molecule has 21 heavy (non-hydrogen) atoms. The Morgan fingerprint density at radius 2 is 1.57 bits per heavy atom. The lowest BCUT2D eigenvalue weighted by atomic mass is 10.1. The van der Waals surface area contributed by atoms with Gasteiger partial charge in [0.25, 0.3) is 10.1 Å². The summed E-state index contributed by atoms with van der Waals surface area (Å²) >= 11 is 0. The van der Waals surface area contributed by atoms with Crippen LogP contribution in [-0.2, 0) is 19.1 Å². The maximum atomic E-state index is 11.5. The Labute approximate surface area is 129 Å². The molecule has 0 rings (SSSR count). The van der Waals surface area contributed by atoms with Crippen LogP contribution in [-0.4, -0.2) is 26.8 Å². The minimum atomic E-state index is -3.54. The van der Waals surface area contributed by atoms with Gasteiger partial charge in [0, 0.05) is 0 Å². The summed E-state index contributed by atoms with van der Waals surface area (Å²) in [5.41, 5.74) is 0. The number of nitrogens with one attached hydrogen (secondary N) is 1. The first-order chi connectivity index (χ1) is 10.0. The molecule has 0 saturated carbocycles. The highest BCUT2D eigenvalue weighted by Gasteiger charge is 2.10. The summed E-state index contributed by atoms with van der Waals surface area (Å²) in [5.74, 6) is -0.444. The molecule has 0 radical (unpaired) electrons. The third-order valence-electron chi connectivity index (χ3n) is 3.17. The zero-order chi connectivity index (χ0) is 16.0. The second kappa shape index (κ2) is 12.8. The molecule has 0 saturated heterocycles. The van der Waals surface area contributed by atoms with Gasteiger partial charge in [-0.15, -0.1) is 0 Å². The zero-order valence-electron chi connectivity index (χ0n) is 13.1. The first kappa shape index (κ1) is 20.1. The number of carbonyl (C=O) groups excluding carboxylic acids is 1. The lowest BCUT2D eigenvalue weighted by Crippen LogP contribution is -2.26. The standard InChI is InChI=1S/C15H29NO4S/c1-3-5-6-7-8-9-10-11-12-13-21(18,19)20-14-16-15(17)4-2/h4H,2-3,5-14H2,1H3,(H,16,17). The van der Waals surface area contributed by atoms with Gasteiger partial charge in [0.1, 0.15) is 6.73 Å². The molecule has 0 aliphatic rings. The molecule has 0 bridgehead atoms. The maximum Gasteiger partial charge on any atom is 0.269 e. The molecule has 0 aromatic heterocycles. The number of amides is 1. The molecule has 0 aromatic carbocycles. The van der Waals surface area contributed by atoms with Gasteiger partial charge in [0.2, 0.25) is 5.91 Å². The molecule has 0 aliphatic heterocycles. The smallest absolute Gasteiger partial charge is 0.269 e. The van der Waals surface area contributed by atoms with Crippen molar-refractivity contribution in [1.82, 2.24) is 5.32 Å². The summed E-state index contributed by atoms with van der Waals surface area (Å²) in [4.78, 5) is 10.8. The van der Waals surface area contributed by atoms with Gasteiger partial charge >= 0.3 is 0 Å². The second-order valence-electron chi connectivity index (χ2n) is 5.10. The highest BCUT2D eigenvalue weighted by molar-refractivity contribution is 7.86. The molecule has 0 spiro atoms. The highest BCUT2D eigenvalue weighted by atomic mass is 32.2. The van der Waals surface area contributed by atoms with Crippen molar-refractivity contribution in [3.8, 4) is 0 Å². The molecule has 6 heteroatoms. The second-order valence-corrected chi connectivity index (χ2v) is 6.86. The summed E-state index contributed by atoms with van der Waals surface area (Å²) in [5, 5.41) is 2.27. The number of unbranched alkanes of at least 4 members (excludes halogenated alkanes) is 8. The Morgan fingerprint density at radius 1 is 1.05 bits per heavy atom. The van der Waals surface area contributed by atoms with Crippen LogP contribution in [0.5, 0.6) is 0 Å². The average Bonchev–Trinajstić information content (AvgIpc) is 2.45. The molecule has 5 nitrogen and oxygen atoms in total. The van der Waals surface area contributed by atoms with Gasteiger partial charge in [-0.3, -0.25) is 4.79 Å². The monoisotopic (exact) mass is 319 g/mol. The molecule has 0 heterocycles. The van der Waals surface area contributed by atoms with Gasteiger partial charge in [0.15, 0.2) is 0 Å². The summed E-state index contributed by atoms with van der Waals surface area (Å²) in [7, 11) is -3.54. The predicted octanol–water partition coefficient (Wildman–Crippen LogP) is 3.12. The van der Waals surface area contributed by atoms with Crippen molar-refractivity contribution in [3.63, 3.8) is 0 Å². The molecule has 0 aromatic rings. The highest BCUT2D eigenvalue weighted by Crippen LogP contribution is 2.10. The number of rotatable bonds is 14. The van der Waals surface area contributed by atoms with Crippen molar-refractivity contribution in [2.45, 2.75) is 64.7 Å². The summed E-state index contributed by atoms with van der Waals surface area (Å²) in [6.07, 6.45) is 11.2. The lowest BCUT2D eigenvalue weighted by Gasteiger charge is -2.06. The number of carbonyl (C=O) groups is 1. The molecule has 1 N–H and O–H groups in total. The van der Waals surface area contributed by atoms with E-state index in [1.54, 1.807) is 0 Å². The molecular formula is C15H29NO4S. The maximum absolute atomic E-state index is 11.5. The van der Waals surface area contributed by atoms with Crippen molar-refractivity contribution < 1.29 is 17.4 Å². The van der Waals surface area contributed by atoms with E-state index in [9.17, 15) is 13.2 Å². The first-order valence-electron chi connectivity index (χ1n) is 7.79. The van der Waals surface area contributed by atoms with Crippen LogP contribution in [0.25, 0.3) is 0 Å². The molecule has 0 atom stereocenters. The van der Waals surface area contributed by atoms with E-state index in [-0.39, 0.29) is 12.5 Å². The molecule has 0 fully saturated rings. The van der Waals surface area contributed by atoms with Gasteiger partial charge in [-0.2, -0.15) is 8.42 Å². The quantitative estimate of drug-likeness (QED) is 0.231. The topological polar surface area (TPSA) is 72.5 Å². The van der Waals surface area contributed by atoms with Crippen molar-refractivity contribution >= 4 is 16.0 Å². The Bertz CT molecular complexity index is 379. The van der Waals surface area contributed by atoms with Crippen LogP contribution in [0.2, 0.25) is 0 Å².